The third-order valence-electron chi connectivity index (χ3n) is 2.97. The van der Waals surface area contributed by atoms with Crippen LogP contribution in [0.15, 0.2) is 35.4 Å². The monoisotopic (exact) mass is 259 g/mol. The van der Waals surface area contributed by atoms with E-state index in [2.05, 4.69) is 0 Å². The highest BCUT2D eigenvalue weighted by Crippen LogP contribution is 2.13. The smallest absolute Gasteiger partial charge is 0.297 e. The van der Waals surface area contributed by atoms with Crippen molar-refractivity contribution in [1.82, 2.24) is 9.13 Å². The average molecular weight is 259 g/mol. The molecule has 1 heterocycles. The van der Waals surface area contributed by atoms with E-state index in [-0.39, 0.29) is 23.8 Å². The van der Waals surface area contributed by atoms with E-state index < -0.39 is 5.82 Å². The molecule has 0 amide bonds. The number of benzene rings is 1. The van der Waals surface area contributed by atoms with Gasteiger partial charge in [0.2, 0.25) is 0 Å². The van der Waals surface area contributed by atoms with Gasteiger partial charge in [-0.3, -0.25) is 9.13 Å². The Morgan fingerprint density at radius 1 is 1.37 bits per heavy atom. The normalized spacial score (nSPS) is 10.7. The van der Waals surface area contributed by atoms with Gasteiger partial charge in [-0.15, -0.1) is 0 Å². The number of rotatable bonds is 3. The molecule has 0 bridgehead atoms. The number of aromatic nitrogens is 2. The Bertz CT molecular complexity index is 691. The summed E-state index contributed by atoms with van der Waals surface area (Å²) in [5, 5.41) is 8.78. The number of halogens is 1. The summed E-state index contributed by atoms with van der Waals surface area (Å²) in [4.78, 5) is 12.0. The van der Waals surface area contributed by atoms with Crippen LogP contribution in [0.2, 0.25) is 0 Å². The van der Waals surface area contributed by atoms with Crippen molar-refractivity contribution >= 4 is 0 Å². The number of nitriles is 1. The first-order chi connectivity index (χ1) is 9.04. The second kappa shape index (κ2) is 5.11. The van der Waals surface area contributed by atoms with E-state index in [1.807, 2.05) is 13.8 Å². The third-order valence-corrected chi connectivity index (χ3v) is 2.97. The molecule has 0 spiro atoms. The van der Waals surface area contributed by atoms with E-state index in [1.54, 1.807) is 35.2 Å². The Morgan fingerprint density at radius 3 is 2.68 bits per heavy atom. The van der Waals surface area contributed by atoms with Gasteiger partial charge in [-0.2, -0.15) is 5.26 Å². The van der Waals surface area contributed by atoms with Gasteiger partial charge in [0, 0.05) is 24.0 Å². The molecule has 0 aliphatic rings. The van der Waals surface area contributed by atoms with Crippen molar-refractivity contribution in [2.75, 3.05) is 0 Å². The summed E-state index contributed by atoms with van der Waals surface area (Å²) in [5.41, 5.74) is 0.147. The lowest BCUT2D eigenvalue weighted by molar-refractivity contribution is 0.553. The highest BCUT2D eigenvalue weighted by atomic mass is 19.1. The molecule has 4 nitrogen and oxygen atoms in total. The van der Waals surface area contributed by atoms with Gasteiger partial charge in [-0.25, -0.2) is 9.18 Å². The maximum Gasteiger partial charge on any atom is 0.328 e. The Morgan fingerprint density at radius 2 is 2.11 bits per heavy atom. The van der Waals surface area contributed by atoms with Crippen LogP contribution >= 0.6 is 0 Å². The summed E-state index contributed by atoms with van der Waals surface area (Å²) in [6, 6.07) is 6.46. The third kappa shape index (κ3) is 2.43. The number of nitrogens with zero attached hydrogens (tertiary/aromatic N) is 3. The summed E-state index contributed by atoms with van der Waals surface area (Å²) in [6.45, 7) is 3.94. The SMILES string of the molecule is CC(C)n1ccn(Cc2cccc(C#N)c2F)c1=O. The number of hydrogen-bond acceptors (Lipinski definition) is 2. The van der Waals surface area contributed by atoms with Gasteiger partial charge in [0.1, 0.15) is 11.9 Å². The fourth-order valence-electron chi connectivity index (χ4n) is 1.91. The van der Waals surface area contributed by atoms with Crippen molar-refractivity contribution in [3.05, 3.63) is 58.0 Å². The molecule has 98 valence electrons. The molecule has 0 saturated carbocycles. The fourth-order valence-corrected chi connectivity index (χ4v) is 1.91. The maximum atomic E-state index is 13.9. The van der Waals surface area contributed by atoms with Crippen LogP contribution in [-0.2, 0) is 6.54 Å². The molecule has 0 saturated heterocycles. The highest BCUT2D eigenvalue weighted by Gasteiger charge is 2.11. The standard InChI is InChI=1S/C14H14FN3O/c1-10(2)18-7-6-17(14(18)19)9-12-5-3-4-11(8-16)13(12)15/h3-7,10H,9H2,1-2H3. The topological polar surface area (TPSA) is 50.7 Å². The van der Waals surface area contributed by atoms with E-state index >= 15 is 0 Å². The van der Waals surface area contributed by atoms with Crippen molar-refractivity contribution in [2.45, 2.75) is 26.4 Å². The predicted molar refractivity (Wildman–Crippen MR) is 69.3 cm³/mol. The number of imidazole rings is 1. The Labute approximate surface area is 110 Å². The van der Waals surface area contributed by atoms with E-state index in [9.17, 15) is 9.18 Å². The van der Waals surface area contributed by atoms with Gasteiger partial charge >= 0.3 is 5.69 Å². The van der Waals surface area contributed by atoms with Crippen LogP contribution in [0.5, 0.6) is 0 Å². The molecule has 0 N–H and O–H groups in total. The minimum atomic E-state index is -0.561. The lowest BCUT2D eigenvalue weighted by Gasteiger charge is -2.06. The molecule has 2 rings (SSSR count). The minimum absolute atomic E-state index is 0.00570. The Balaban J connectivity index is 2.38. The second-order valence-electron chi connectivity index (χ2n) is 4.60. The van der Waals surface area contributed by atoms with Crippen molar-refractivity contribution in [3.8, 4) is 6.07 Å². The van der Waals surface area contributed by atoms with E-state index in [0.29, 0.717) is 5.56 Å². The molecule has 0 aliphatic heterocycles. The van der Waals surface area contributed by atoms with Crippen LogP contribution in [-0.4, -0.2) is 9.13 Å². The molecule has 1 aromatic carbocycles. The molecular formula is C14H14FN3O. The largest absolute Gasteiger partial charge is 0.328 e. The summed E-state index contributed by atoms with van der Waals surface area (Å²) in [6.07, 6.45) is 3.31. The van der Waals surface area contributed by atoms with Crippen molar-refractivity contribution in [1.29, 1.82) is 5.26 Å². The molecule has 1 aromatic heterocycles. The quantitative estimate of drug-likeness (QED) is 0.849. The van der Waals surface area contributed by atoms with Crippen molar-refractivity contribution in [2.24, 2.45) is 0 Å². The molecule has 5 heteroatoms. The summed E-state index contributed by atoms with van der Waals surface area (Å²) >= 11 is 0. The molecule has 0 unspecified atom stereocenters. The molecule has 0 fully saturated rings. The van der Waals surface area contributed by atoms with Gasteiger partial charge in [0.15, 0.2) is 0 Å². The fraction of sp³-hybridized carbons (Fsp3) is 0.286. The van der Waals surface area contributed by atoms with Crippen LogP contribution < -0.4 is 5.69 Å². The molecule has 2 aromatic rings. The summed E-state index contributed by atoms with van der Waals surface area (Å²) in [5.74, 6) is -0.561. The Hall–Kier alpha value is -2.35. The summed E-state index contributed by atoms with van der Waals surface area (Å²) < 4.78 is 16.9. The maximum absolute atomic E-state index is 13.9. The van der Waals surface area contributed by atoms with Gasteiger partial charge in [0.25, 0.3) is 0 Å². The van der Waals surface area contributed by atoms with E-state index in [4.69, 9.17) is 5.26 Å². The first-order valence-electron chi connectivity index (χ1n) is 5.99. The van der Waals surface area contributed by atoms with Crippen molar-refractivity contribution < 1.29 is 4.39 Å². The highest BCUT2D eigenvalue weighted by molar-refractivity contribution is 5.35. The van der Waals surface area contributed by atoms with Gasteiger partial charge < -0.3 is 0 Å². The van der Waals surface area contributed by atoms with Crippen LogP contribution in [0.4, 0.5) is 4.39 Å². The van der Waals surface area contributed by atoms with Gasteiger partial charge in [-0.05, 0) is 19.9 Å². The molecule has 0 atom stereocenters. The van der Waals surface area contributed by atoms with Crippen LogP contribution in [0.3, 0.4) is 0 Å². The first-order valence-corrected chi connectivity index (χ1v) is 5.99. The summed E-state index contributed by atoms with van der Waals surface area (Å²) in [7, 11) is 0. The van der Waals surface area contributed by atoms with E-state index in [0.717, 1.165) is 0 Å². The van der Waals surface area contributed by atoms with Gasteiger partial charge in [0.05, 0.1) is 12.1 Å². The Kier molecular flexibility index (Phi) is 3.52. The molecular weight excluding hydrogens is 245 g/mol. The first kappa shape index (κ1) is 13.1. The minimum Gasteiger partial charge on any atom is -0.297 e. The van der Waals surface area contributed by atoms with Crippen LogP contribution in [0.1, 0.15) is 31.0 Å². The molecule has 0 radical (unpaired) electrons. The zero-order chi connectivity index (χ0) is 14.0. The molecule has 19 heavy (non-hydrogen) atoms. The molecule has 0 aliphatic carbocycles. The lowest BCUT2D eigenvalue weighted by Crippen LogP contribution is -2.25. The number of hydrogen-bond donors (Lipinski definition) is 0. The zero-order valence-electron chi connectivity index (χ0n) is 10.8. The van der Waals surface area contributed by atoms with Crippen LogP contribution in [0, 0.1) is 17.1 Å². The van der Waals surface area contributed by atoms with E-state index in [1.165, 1.54) is 10.6 Å². The van der Waals surface area contributed by atoms with Gasteiger partial charge in [-0.1, -0.05) is 12.1 Å². The zero-order valence-corrected chi connectivity index (χ0v) is 10.8. The van der Waals surface area contributed by atoms with Crippen molar-refractivity contribution in [3.63, 3.8) is 0 Å². The average Bonchev–Trinajstić information content (AvgIpc) is 2.74. The lowest BCUT2D eigenvalue weighted by atomic mass is 10.1. The predicted octanol–water partition coefficient (Wildman–Crippen LogP) is 2.29. The van der Waals surface area contributed by atoms with Crippen LogP contribution in [0.25, 0.3) is 0 Å². The second-order valence-corrected chi connectivity index (χ2v) is 4.60.